The molecule has 0 spiro atoms. The standard InChI is InChI=1S/C18H18N4O8/c1-17(15-10-6-3-7-11-15)13-18(20(25)26,21(27)28)22(30-17)29-16(12-19(23)24)14-8-4-2-5-9-14/h2-11,16H,12-13H2,1H3. The van der Waals surface area contributed by atoms with E-state index in [1.54, 1.807) is 48.5 Å². The number of hydroxylamine groups is 2. The molecule has 158 valence electrons. The van der Waals surface area contributed by atoms with Crippen LogP contribution < -0.4 is 0 Å². The third-order valence-corrected chi connectivity index (χ3v) is 4.83. The molecule has 1 saturated heterocycles. The Kier molecular flexibility index (Phi) is 5.73. The van der Waals surface area contributed by atoms with Crippen molar-refractivity contribution in [2.45, 2.75) is 30.8 Å². The Hall–Kier alpha value is -3.48. The van der Waals surface area contributed by atoms with Gasteiger partial charge in [0.15, 0.2) is 6.10 Å². The van der Waals surface area contributed by atoms with Crippen LogP contribution >= 0.6 is 0 Å². The monoisotopic (exact) mass is 418 g/mol. The average Bonchev–Trinajstić information content (AvgIpc) is 3.03. The highest BCUT2D eigenvalue weighted by molar-refractivity contribution is 5.23. The summed E-state index contributed by atoms with van der Waals surface area (Å²) >= 11 is 0. The van der Waals surface area contributed by atoms with Crippen LogP contribution in [0.1, 0.15) is 30.6 Å². The van der Waals surface area contributed by atoms with Crippen LogP contribution in [0.2, 0.25) is 0 Å². The fourth-order valence-corrected chi connectivity index (χ4v) is 3.30. The molecular formula is C18H18N4O8. The van der Waals surface area contributed by atoms with Crippen LogP contribution in [0.15, 0.2) is 60.7 Å². The normalized spacial score (nSPS) is 21.8. The molecule has 1 fully saturated rings. The molecule has 0 bridgehead atoms. The lowest BCUT2D eigenvalue weighted by Crippen LogP contribution is -2.56. The minimum absolute atomic E-state index is 0.196. The predicted molar refractivity (Wildman–Crippen MR) is 100 cm³/mol. The molecule has 2 aromatic rings. The van der Waals surface area contributed by atoms with E-state index >= 15 is 0 Å². The molecule has 2 aromatic carbocycles. The molecule has 3 rings (SSSR count). The minimum atomic E-state index is -2.99. The topological polar surface area (TPSA) is 151 Å². The van der Waals surface area contributed by atoms with Crippen molar-refractivity contribution >= 4 is 0 Å². The van der Waals surface area contributed by atoms with Crippen LogP contribution in [0.25, 0.3) is 0 Å². The van der Waals surface area contributed by atoms with E-state index in [-0.39, 0.29) is 5.23 Å². The summed E-state index contributed by atoms with van der Waals surface area (Å²) in [5.41, 5.74) is -0.710. The molecule has 0 amide bonds. The van der Waals surface area contributed by atoms with Gasteiger partial charge in [-0.25, -0.2) is 4.84 Å². The van der Waals surface area contributed by atoms with Crippen molar-refractivity contribution in [2.75, 3.05) is 6.54 Å². The lowest BCUT2D eigenvalue weighted by atomic mass is 9.90. The Morgan fingerprint density at radius 2 is 1.53 bits per heavy atom. The first-order chi connectivity index (χ1) is 14.2. The molecule has 0 N–H and O–H groups in total. The number of benzene rings is 2. The van der Waals surface area contributed by atoms with Gasteiger partial charge in [0.05, 0.1) is 5.23 Å². The largest absolute Gasteiger partial charge is 0.569 e. The zero-order valence-electron chi connectivity index (χ0n) is 15.8. The number of nitrogens with zero attached hydrogens (tertiary/aromatic N) is 4. The quantitative estimate of drug-likeness (QED) is 0.358. The molecule has 2 atom stereocenters. The zero-order chi connectivity index (χ0) is 21.9. The van der Waals surface area contributed by atoms with Gasteiger partial charge in [-0.2, -0.15) is 0 Å². The Morgan fingerprint density at radius 1 is 1.00 bits per heavy atom. The fourth-order valence-electron chi connectivity index (χ4n) is 3.30. The summed E-state index contributed by atoms with van der Waals surface area (Å²) in [6, 6.07) is 16.1. The van der Waals surface area contributed by atoms with Crippen LogP contribution in [0, 0.1) is 30.3 Å². The van der Waals surface area contributed by atoms with Crippen molar-refractivity contribution in [3.05, 3.63) is 102 Å². The van der Waals surface area contributed by atoms with Crippen LogP contribution in [0.5, 0.6) is 0 Å². The molecule has 0 radical (unpaired) electrons. The van der Waals surface area contributed by atoms with E-state index in [4.69, 9.17) is 9.68 Å². The predicted octanol–water partition coefficient (Wildman–Crippen LogP) is 2.70. The maximum Gasteiger partial charge on any atom is 0.569 e. The molecule has 0 aromatic heterocycles. The van der Waals surface area contributed by atoms with E-state index in [1.165, 1.54) is 19.1 Å². The van der Waals surface area contributed by atoms with Gasteiger partial charge in [-0.3, -0.25) is 35.2 Å². The first kappa shape index (κ1) is 21.2. The lowest BCUT2D eigenvalue weighted by molar-refractivity contribution is -0.852. The summed E-state index contributed by atoms with van der Waals surface area (Å²) in [5, 5.41) is 35.1. The second-order valence-corrected chi connectivity index (χ2v) is 6.93. The number of rotatable bonds is 8. The van der Waals surface area contributed by atoms with E-state index in [9.17, 15) is 30.3 Å². The molecule has 12 heteroatoms. The number of hydrogen-bond acceptors (Lipinski definition) is 9. The summed E-state index contributed by atoms with van der Waals surface area (Å²) < 4.78 is 0. The molecule has 0 aliphatic carbocycles. The van der Waals surface area contributed by atoms with Gasteiger partial charge in [-0.05, 0) is 18.1 Å². The molecule has 1 heterocycles. The second kappa shape index (κ2) is 8.10. The number of hydrogen-bond donors (Lipinski definition) is 0. The average molecular weight is 418 g/mol. The van der Waals surface area contributed by atoms with Crippen molar-refractivity contribution in [3.8, 4) is 0 Å². The maximum atomic E-state index is 11.9. The molecule has 30 heavy (non-hydrogen) atoms. The molecule has 1 aliphatic heterocycles. The van der Waals surface area contributed by atoms with E-state index in [2.05, 4.69) is 0 Å². The number of nitro groups is 3. The van der Waals surface area contributed by atoms with Crippen LogP contribution in [-0.2, 0) is 15.3 Å². The Bertz CT molecular complexity index is 928. The van der Waals surface area contributed by atoms with Gasteiger partial charge < -0.3 is 0 Å². The first-order valence-electron chi connectivity index (χ1n) is 8.86. The molecule has 1 aliphatic rings. The highest BCUT2D eigenvalue weighted by atomic mass is 17.0. The third kappa shape index (κ3) is 3.83. The summed E-state index contributed by atoms with van der Waals surface area (Å²) in [7, 11) is 0. The second-order valence-electron chi connectivity index (χ2n) is 6.93. The van der Waals surface area contributed by atoms with Gasteiger partial charge in [-0.15, -0.1) is 0 Å². The van der Waals surface area contributed by atoms with Gasteiger partial charge in [0, 0.05) is 4.92 Å². The highest BCUT2D eigenvalue weighted by Gasteiger charge is 2.75. The maximum absolute atomic E-state index is 11.9. The van der Waals surface area contributed by atoms with Crippen molar-refractivity contribution in [3.63, 3.8) is 0 Å². The lowest BCUT2D eigenvalue weighted by Gasteiger charge is -2.25. The fraction of sp³-hybridized carbons (Fsp3) is 0.333. The smallest absolute Gasteiger partial charge is 0.264 e. The van der Waals surface area contributed by atoms with Gasteiger partial charge in [0.2, 0.25) is 6.54 Å². The Morgan fingerprint density at radius 3 is 2.03 bits per heavy atom. The molecular weight excluding hydrogens is 400 g/mol. The highest BCUT2D eigenvalue weighted by Crippen LogP contribution is 2.46. The van der Waals surface area contributed by atoms with Gasteiger partial charge in [-0.1, -0.05) is 60.7 Å². The van der Waals surface area contributed by atoms with E-state index in [0.29, 0.717) is 11.1 Å². The summed E-state index contributed by atoms with van der Waals surface area (Å²) in [4.78, 5) is 43.0. The third-order valence-electron chi connectivity index (χ3n) is 4.83. The van der Waals surface area contributed by atoms with Crippen LogP contribution in [0.3, 0.4) is 0 Å². The summed E-state index contributed by atoms with van der Waals surface area (Å²) in [5.74, 6) is -2.99. The minimum Gasteiger partial charge on any atom is -0.264 e. The van der Waals surface area contributed by atoms with Gasteiger partial charge in [0.25, 0.3) is 0 Å². The molecule has 12 nitrogen and oxygen atoms in total. The van der Waals surface area contributed by atoms with Crippen molar-refractivity contribution in [1.29, 1.82) is 0 Å². The Labute approximate surface area is 170 Å². The summed E-state index contributed by atoms with van der Waals surface area (Å²) in [6.07, 6.45) is -2.03. The molecule has 2 unspecified atom stereocenters. The first-order valence-corrected chi connectivity index (χ1v) is 8.86. The van der Waals surface area contributed by atoms with Crippen molar-refractivity contribution < 1.29 is 24.4 Å². The van der Waals surface area contributed by atoms with Crippen molar-refractivity contribution in [1.82, 2.24) is 5.23 Å². The van der Waals surface area contributed by atoms with Crippen LogP contribution in [0.4, 0.5) is 0 Å². The van der Waals surface area contributed by atoms with E-state index in [1.807, 2.05) is 0 Å². The van der Waals surface area contributed by atoms with Gasteiger partial charge in [0.1, 0.15) is 21.9 Å². The SMILES string of the molecule is CC1(c2ccccc2)CC([N+](=O)[O-])([N+](=O)[O-])N(OC(C[N+](=O)[O-])c2ccccc2)O1. The molecule has 0 saturated carbocycles. The summed E-state index contributed by atoms with van der Waals surface area (Å²) in [6.45, 7) is 0.676. The van der Waals surface area contributed by atoms with Crippen molar-refractivity contribution in [2.24, 2.45) is 0 Å². The van der Waals surface area contributed by atoms with Gasteiger partial charge >= 0.3 is 5.79 Å². The Balaban J connectivity index is 2.03. The van der Waals surface area contributed by atoms with E-state index in [0.717, 1.165) is 0 Å². The zero-order valence-corrected chi connectivity index (χ0v) is 15.8. The van der Waals surface area contributed by atoms with Crippen LogP contribution in [-0.4, -0.2) is 32.3 Å². The van der Waals surface area contributed by atoms with E-state index < -0.39 is 45.2 Å².